The molecule has 1 rings (SSSR count). The van der Waals surface area contributed by atoms with Crippen molar-refractivity contribution in [2.45, 2.75) is 59.1 Å². The van der Waals surface area contributed by atoms with Crippen molar-refractivity contribution in [2.75, 3.05) is 32.7 Å². The van der Waals surface area contributed by atoms with Crippen LogP contribution in [-0.4, -0.2) is 66.2 Å². The molecule has 0 radical (unpaired) electrons. The van der Waals surface area contributed by atoms with Crippen LogP contribution in [0, 0.1) is 0 Å². The van der Waals surface area contributed by atoms with Gasteiger partial charge in [-0.3, -0.25) is 9.69 Å². The van der Waals surface area contributed by atoms with Crippen LogP contribution in [0.5, 0.6) is 0 Å². The Morgan fingerprint density at radius 2 is 1.77 bits per heavy atom. The topological polar surface area (TPSA) is 61.9 Å². The summed E-state index contributed by atoms with van der Waals surface area (Å²) in [4.78, 5) is 27.9. The van der Waals surface area contributed by atoms with Crippen molar-refractivity contribution in [1.82, 2.24) is 15.1 Å². The SMILES string of the molecule is CCCCNC(=O)C(C)N1CCN(C(=O)OC(C)(C)C)CC1. The number of carbonyl (C=O) groups excluding carboxylic acids is 2. The van der Waals surface area contributed by atoms with Gasteiger partial charge in [0, 0.05) is 32.7 Å². The van der Waals surface area contributed by atoms with E-state index in [1.54, 1.807) is 4.90 Å². The van der Waals surface area contributed by atoms with Crippen LogP contribution in [0.2, 0.25) is 0 Å². The maximum atomic E-state index is 12.1. The summed E-state index contributed by atoms with van der Waals surface area (Å²) in [5.41, 5.74) is -0.472. The summed E-state index contributed by atoms with van der Waals surface area (Å²) in [5.74, 6) is 0.0687. The highest BCUT2D eigenvalue weighted by Crippen LogP contribution is 2.13. The first-order chi connectivity index (χ1) is 10.2. The summed E-state index contributed by atoms with van der Waals surface area (Å²) in [6.07, 6.45) is 1.81. The Bertz CT molecular complexity index is 371. The molecule has 2 amide bonds. The van der Waals surface area contributed by atoms with E-state index in [-0.39, 0.29) is 18.0 Å². The van der Waals surface area contributed by atoms with E-state index in [4.69, 9.17) is 4.74 Å². The van der Waals surface area contributed by atoms with Crippen LogP contribution in [0.15, 0.2) is 0 Å². The van der Waals surface area contributed by atoms with Gasteiger partial charge >= 0.3 is 6.09 Å². The zero-order valence-electron chi connectivity index (χ0n) is 14.6. The predicted octanol–water partition coefficient (Wildman–Crippen LogP) is 1.84. The molecule has 1 unspecified atom stereocenters. The fourth-order valence-electron chi connectivity index (χ4n) is 2.32. The van der Waals surface area contributed by atoms with Gasteiger partial charge in [0.25, 0.3) is 0 Å². The maximum absolute atomic E-state index is 12.1. The average Bonchev–Trinajstić information content (AvgIpc) is 2.45. The van der Waals surface area contributed by atoms with Crippen molar-refractivity contribution in [3.63, 3.8) is 0 Å². The summed E-state index contributed by atoms with van der Waals surface area (Å²) >= 11 is 0. The number of hydrogen-bond donors (Lipinski definition) is 1. The minimum Gasteiger partial charge on any atom is -0.444 e. The third kappa shape index (κ3) is 6.22. The Labute approximate surface area is 134 Å². The molecule has 1 N–H and O–H groups in total. The molecule has 0 saturated carbocycles. The van der Waals surface area contributed by atoms with E-state index in [9.17, 15) is 9.59 Å². The van der Waals surface area contributed by atoms with Gasteiger partial charge in [-0.15, -0.1) is 0 Å². The quantitative estimate of drug-likeness (QED) is 0.787. The standard InChI is InChI=1S/C16H31N3O3/c1-6-7-8-17-14(20)13(2)18-9-11-19(12-10-18)15(21)22-16(3,4)5/h13H,6-12H2,1-5H3,(H,17,20). The van der Waals surface area contributed by atoms with Gasteiger partial charge in [0.2, 0.25) is 5.91 Å². The minimum absolute atomic E-state index is 0.0687. The van der Waals surface area contributed by atoms with E-state index < -0.39 is 5.60 Å². The summed E-state index contributed by atoms with van der Waals surface area (Å²) in [6, 6.07) is -0.155. The number of nitrogens with zero attached hydrogens (tertiary/aromatic N) is 2. The predicted molar refractivity (Wildman–Crippen MR) is 86.8 cm³/mol. The molecule has 0 aromatic carbocycles. The van der Waals surface area contributed by atoms with Crippen LogP contribution in [0.1, 0.15) is 47.5 Å². The Hall–Kier alpha value is -1.30. The van der Waals surface area contributed by atoms with Gasteiger partial charge in [0.05, 0.1) is 6.04 Å². The number of nitrogens with one attached hydrogen (secondary N) is 1. The first-order valence-corrected chi connectivity index (χ1v) is 8.24. The molecule has 0 bridgehead atoms. The lowest BCUT2D eigenvalue weighted by atomic mass is 10.2. The molecule has 1 fully saturated rings. The molecule has 0 aliphatic carbocycles. The van der Waals surface area contributed by atoms with Crippen LogP contribution in [0.4, 0.5) is 4.79 Å². The van der Waals surface area contributed by atoms with Crippen LogP contribution >= 0.6 is 0 Å². The molecule has 6 nitrogen and oxygen atoms in total. The first-order valence-electron chi connectivity index (χ1n) is 8.24. The van der Waals surface area contributed by atoms with Gasteiger partial charge in [-0.25, -0.2) is 4.79 Å². The normalized spacial score (nSPS) is 18.0. The summed E-state index contributed by atoms with van der Waals surface area (Å²) in [7, 11) is 0. The van der Waals surface area contributed by atoms with E-state index in [2.05, 4.69) is 17.1 Å². The van der Waals surface area contributed by atoms with Gasteiger partial charge in [0.1, 0.15) is 5.60 Å². The Morgan fingerprint density at radius 3 is 2.27 bits per heavy atom. The minimum atomic E-state index is -0.472. The highest BCUT2D eigenvalue weighted by molar-refractivity contribution is 5.81. The fourth-order valence-corrected chi connectivity index (χ4v) is 2.32. The van der Waals surface area contributed by atoms with E-state index >= 15 is 0 Å². The van der Waals surface area contributed by atoms with Crippen LogP contribution < -0.4 is 5.32 Å². The molecular weight excluding hydrogens is 282 g/mol. The number of rotatable bonds is 5. The van der Waals surface area contributed by atoms with Crippen LogP contribution in [-0.2, 0) is 9.53 Å². The lowest BCUT2D eigenvalue weighted by Gasteiger charge is -2.37. The van der Waals surface area contributed by atoms with Gasteiger partial charge in [-0.1, -0.05) is 13.3 Å². The molecule has 1 aliphatic rings. The van der Waals surface area contributed by atoms with Gasteiger partial charge in [0.15, 0.2) is 0 Å². The number of carbonyl (C=O) groups is 2. The van der Waals surface area contributed by atoms with Crippen molar-refractivity contribution < 1.29 is 14.3 Å². The molecule has 128 valence electrons. The van der Waals surface area contributed by atoms with E-state index in [0.717, 1.165) is 19.4 Å². The van der Waals surface area contributed by atoms with E-state index in [0.29, 0.717) is 26.2 Å². The molecule has 22 heavy (non-hydrogen) atoms. The highest BCUT2D eigenvalue weighted by atomic mass is 16.6. The van der Waals surface area contributed by atoms with Crippen molar-refractivity contribution in [3.05, 3.63) is 0 Å². The molecule has 0 spiro atoms. The van der Waals surface area contributed by atoms with Crippen LogP contribution in [0.3, 0.4) is 0 Å². The molecule has 0 aromatic heterocycles. The zero-order valence-corrected chi connectivity index (χ0v) is 14.6. The number of unbranched alkanes of at least 4 members (excludes halogenated alkanes) is 1. The van der Waals surface area contributed by atoms with Crippen molar-refractivity contribution >= 4 is 12.0 Å². The van der Waals surface area contributed by atoms with Crippen molar-refractivity contribution in [2.24, 2.45) is 0 Å². The largest absolute Gasteiger partial charge is 0.444 e. The fraction of sp³-hybridized carbons (Fsp3) is 0.875. The molecule has 1 heterocycles. The molecule has 1 saturated heterocycles. The third-order valence-electron chi connectivity index (χ3n) is 3.72. The zero-order chi connectivity index (χ0) is 16.8. The molecule has 6 heteroatoms. The lowest BCUT2D eigenvalue weighted by molar-refractivity contribution is -0.126. The third-order valence-corrected chi connectivity index (χ3v) is 3.72. The smallest absolute Gasteiger partial charge is 0.410 e. The molecule has 1 aliphatic heterocycles. The number of hydrogen-bond acceptors (Lipinski definition) is 4. The Morgan fingerprint density at radius 1 is 1.18 bits per heavy atom. The van der Waals surface area contributed by atoms with E-state index in [1.807, 2.05) is 27.7 Å². The number of amides is 2. The Kier molecular flexibility index (Phi) is 7.13. The number of ether oxygens (including phenoxy) is 1. The van der Waals surface area contributed by atoms with Gasteiger partial charge in [-0.05, 0) is 34.1 Å². The van der Waals surface area contributed by atoms with Crippen molar-refractivity contribution in [3.8, 4) is 0 Å². The summed E-state index contributed by atoms with van der Waals surface area (Å²) in [5, 5.41) is 2.96. The van der Waals surface area contributed by atoms with Crippen LogP contribution in [0.25, 0.3) is 0 Å². The summed E-state index contributed by atoms with van der Waals surface area (Å²) in [6.45, 7) is 12.9. The monoisotopic (exact) mass is 313 g/mol. The second kappa shape index (κ2) is 8.36. The average molecular weight is 313 g/mol. The molecule has 1 atom stereocenters. The second-order valence-corrected chi connectivity index (χ2v) is 6.82. The van der Waals surface area contributed by atoms with Gasteiger partial charge in [-0.2, -0.15) is 0 Å². The molecular formula is C16H31N3O3. The molecule has 0 aromatic rings. The summed E-state index contributed by atoms with van der Waals surface area (Å²) < 4.78 is 5.38. The lowest BCUT2D eigenvalue weighted by Crippen LogP contribution is -2.55. The number of piperazine rings is 1. The first kappa shape index (κ1) is 18.7. The maximum Gasteiger partial charge on any atom is 0.410 e. The van der Waals surface area contributed by atoms with E-state index in [1.165, 1.54) is 0 Å². The van der Waals surface area contributed by atoms with Gasteiger partial charge < -0.3 is 15.0 Å². The second-order valence-electron chi connectivity index (χ2n) is 6.82. The Balaban J connectivity index is 2.38. The highest BCUT2D eigenvalue weighted by Gasteiger charge is 2.29. The van der Waals surface area contributed by atoms with Crippen molar-refractivity contribution in [1.29, 1.82) is 0 Å².